The first kappa shape index (κ1) is 25.5. The summed E-state index contributed by atoms with van der Waals surface area (Å²) in [6, 6.07) is 13.4. The SMILES string of the molecule is CCc1nc2c(F)cc(F)cc2n1-c1cccc2c1OC[C@H]2Nc1ccc2c(c1)OC[C@H]2OC(C)=O.[NaH]. The summed E-state index contributed by atoms with van der Waals surface area (Å²) < 4.78 is 47.5. The summed E-state index contributed by atoms with van der Waals surface area (Å²) in [7, 11) is 0. The van der Waals surface area contributed by atoms with E-state index < -0.39 is 17.7 Å². The van der Waals surface area contributed by atoms with Gasteiger partial charge in [0.1, 0.15) is 41.9 Å². The number of nitrogens with one attached hydrogen (secondary N) is 1. The molecule has 0 radical (unpaired) electrons. The normalized spacial score (nSPS) is 17.4. The van der Waals surface area contributed by atoms with Crippen LogP contribution in [0.1, 0.15) is 42.9 Å². The number of anilines is 1. The van der Waals surface area contributed by atoms with Crippen LogP contribution in [0.2, 0.25) is 0 Å². The maximum atomic E-state index is 14.5. The van der Waals surface area contributed by atoms with Gasteiger partial charge in [-0.15, -0.1) is 0 Å². The Labute approximate surface area is 234 Å². The molecule has 0 saturated carbocycles. The Morgan fingerprint density at radius 1 is 1.14 bits per heavy atom. The Balaban J connectivity index is 0.00000280. The number of carbonyl (C=O) groups is 1. The van der Waals surface area contributed by atoms with Gasteiger partial charge in [0.05, 0.1) is 17.2 Å². The fourth-order valence-corrected chi connectivity index (χ4v) is 4.95. The Morgan fingerprint density at radius 3 is 2.76 bits per heavy atom. The van der Waals surface area contributed by atoms with E-state index in [1.54, 1.807) is 4.57 Å². The predicted octanol–water partition coefficient (Wildman–Crippen LogP) is 4.76. The van der Waals surface area contributed by atoms with Gasteiger partial charge in [0, 0.05) is 48.4 Å². The summed E-state index contributed by atoms with van der Waals surface area (Å²) in [6.45, 7) is 3.96. The van der Waals surface area contributed by atoms with Gasteiger partial charge in [0.15, 0.2) is 11.9 Å². The Kier molecular flexibility index (Phi) is 6.87. The molecule has 3 heterocycles. The van der Waals surface area contributed by atoms with Crippen LogP contribution in [0.15, 0.2) is 48.5 Å². The molecule has 6 rings (SSSR count). The van der Waals surface area contributed by atoms with Gasteiger partial charge in [-0.2, -0.15) is 0 Å². The quantitative estimate of drug-likeness (QED) is 0.305. The number of carbonyl (C=O) groups excluding carboxylic acids is 1. The number of aromatic nitrogens is 2. The third-order valence-electron chi connectivity index (χ3n) is 6.50. The van der Waals surface area contributed by atoms with Crippen molar-refractivity contribution in [1.29, 1.82) is 0 Å². The molecule has 7 nitrogen and oxygen atoms in total. The van der Waals surface area contributed by atoms with Crippen LogP contribution in [-0.2, 0) is 16.0 Å². The molecule has 2 atom stereocenters. The van der Waals surface area contributed by atoms with Crippen molar-refractivity contribution >= 4 is 52.2 Å². The van der Waals surface area contributed by atoms with E-state index in [0.717, 1.165) is 22.9 Å². The number of imidazole rings is 1. The molecule has 10 heteroatoms. The second-order valence-electron chi connectivity index (χ2n) is 8.84. The van der Waals surface area contributed by atoms with Crippen LogP contribution < -0.4 is 14.8 Å². The van der Waals surface area contributed by atoms with Crippen LogP contribution >= 0.6 is 0 Å². The van der Waals surface area contributed by atoms with Gasteiger partial charge in [-0.25, -0.2) is 13.8 Å². The number of esters is 1. The molecule has 0 amide bonds. The standard InChI is InChI=1S/C27H23F2N3O4.Na.H/c1-3-25-31-26-19(29)9-15(28)10-22(26)32(25)21-6-4-5-17-20(12-35-27(17)21)30-16-7-8-18-23(11-16)34-13-24(18)36-14(2)33;;/h4-11,20,24,30H,3,12-13H2,1-2H3;;/t20-,24-;;/m1../s1. The molecule has 1 aromatic heterocycles. The van der Waals surface area contributed by atoms with Crippen LogP contribution in [0.3, 0.4) is 0 Å². The zero-order valence-electron chi connectivity index (χ0n) is 19.7. The summed E-state index contributed by atoms with van der Waals surface area (Å²) >= 11 is 0. The molecule has 0 aliphatic carbocycles. The van der Waals surface area contributed by atoms with Crippen LogP contribution in [0.4, 0.5) is 14.5 Å². The third kappa shape index (κ3) is 4.45. The van der Waals surface area contributed by atoms with Gasteiger partial charge in [0.25, 0.3) is 0 Å². The molecule has 1 N–H and O–H groups in total. The number of halogens is 2. The van der Waals surface area contributed by atoms with Crippen LogP contribution in [-0.4, -0.2) is 58.3 Å². The van der Waals surface area contributed by atoms with E-state index in [0.29, 0.717) is 41.6 Å². The maximum absolute atomic E-state index is 14.5. The van der Waals surface area contributed by atoms with Crippen molar-refractivity contribution in [3.8, 4) is 17.2 Å². The number of hydrogen-bond acceptors (Lipinski definition) is 6. The summed E-state index contributed by atoms with van der Waals surface area (Å²) in [5.74, 6) is 0.215. The first-order chi connectivity index (χ1) is 17.4. The van der Waals surface area contributed by atoms with Gasteiger partial charge < -0.3 is 19.5 Å². The molecule has 0 spiro atoms. The molecular formula is C27H24F2N3NaO4. The molecule has 0 bridgehead atoms. The van der Waals surface area contributed by atoms with E-state index in [1.807, 2.05) is 43.3 Å². The average molecular weight is 515 g/mol. The van der Waals surface area contributed by atoms with E-state index in [1.165, 1.54) is 13.0 Å². The molecule has 2 aliphatic heterocycles. The summed E-state index contributed by atoms with van der Waals surface area (Å²) in [4.78, 5) is 15.8. The Morgan fingerprint density at radius 2 is 1.97 bits per heavy atom. The number of para-hydroxylation sites is 1. The molecule has 0 fully saturated rings. The minimum absolute atomic E-state index is 0. The van der Waals surface area contributed by atoms with E-state index in [-0.39, 0.29) is 53.7 Å². The van der Waals surface area contributed by atoms with Crippen LogP contribution in [0.25, 0.3) is 16.7 Å². The third-order valence-corrected chi connectivity index (χ3v) is 6.50. The van der Waals surface area contributed by atoms with Crippen molar-refractivity contribution in [1.82, 2.24) is 9.55 Å². The Hall–Kier alpha value is -3.14. The number of fused-ring (bicyclic) bond motifs is 3. The topological polar surface area (TPSA) is 74.6 Å². The summed E-state index contributed by atoms with van der Waals surface area (Å²) in [5.41, 5.74) is 3.75. The van der Waals surface area contributed by atoms with Gasteiger partial charge >= 0.3 is 35.5 Å². The number of aryl methyl sites for hydroxylation is 1. The monoisotopic (exact) mass is 515 g/mol. The molecular weight excluding hydrogens is 491 g/mol. The fraction of sp³-hybridized carbons (Fsp3) is 0.259. The summed E-state index contributed by atoms with van der Waals surface area (Å²) in [6.07, 6.45) is 0.127. The summed E-state index contributed by atoms with van der Waals surface area (Å²) in [5, 5.41) is 3.48. The molecule has 186 valence electrons. The number of nitrogens with zero attached hydrogens (tertiary/aromatic N) is 2. The number of rotatable bonds is 5. The first-order valence-electron chi connectivity index (χ1n) is 11.8. The minimum atomic E-state index is -0.693. The van der Waals surface area contributed by atoms with Crippen LogP contribution in [0.5, 0.6) is 11.5 Å². The van der Waals surface area contributed by atoms with Crippen molar-refractivity contribution in [2.45, 2.75) is 32.4 Å². The molecule has 0 unspecified atom stereocenters. The van der Waals surface area contributed by atoms with E-state index in [2.05, 4.69) is 10.3 Å². The van der Waals surface area contributed by atoms with Crippen LogP contribution in [0, 0.1) is 11.6 Å². The predicted molar refractivity (Wildman–Crippen MR) is 136 cm³/mol. The van der Waals surface area contributed by atoms with E-state index >= 15 is 0 Å². The molecule has 3 aromatic carbocycles. The molecule has 0 saturated heterocycles. The van der Waals surface area contributed by atoms with E-state index in [9.17, 15) is 13.6 Å². The zero-order valence-corrected chi connectivity index (χ0v) is 19.7. The van der Waals surface area contributed by atoms with Gasteiger partial charge in [-0.05, 0) is 18.2 Å². The van der Waals surface area contributed by atoms with Crippen molar-refractivity contribution in [2.75, 3.05) is 18.5 Å². The molecule has 2 aliphatic rings. The van der Waals surface area contributed by atoms with Gasteiger partial charge in [-0.1, -0.05) is 19.1 Å². The van der Waals surface area contributed by atoms with E-state index in [4.69, 9.17) is 14.2 Å². The number of ether oxygens (including phenoxy) is 3. The average Bonchev–Trinajstić information content (AvgIpc) is 3.54. The second kappa shape index (κ2) is 9.96. The van der Waals surface area contributed by atoms with Crippen molar-refractivity contribution in [3.63, 3.8) is 0 Å². The van der Waals surface area contributed by atoms with Crippen molar-refractivity contribution in [3.05, 3.63) is 77.1 Å². The van der Waals surface area contributed by atoms with Gasteiger partial charge in [0.2, 0.25) is 0 Å². The molecule has 37 heavy (non-hydrogen) atoms. The zero-order chi connectivity index (χ0) is 25.0. The fourth-order valence-electron chi connectivity index (χ4n) is 4.95. The van der Waals surface area contributed by atoms with Crippen molar-refractivity contribution in [2.24, 2.45) is 0 Å². The molecule has 4 aromatic rings. The van der Waals surface area contributed by atoms with Crippen molar-refractivity contribution < 1.29 is 27.8 Å². The number of benzene rings is 3. The number of hydrogen-bond donors (Lipinski definition) is 1. The Bertz CT molecular complexity index is 1520. The second-order valence-corrected chi connectivity index (χ2v) is 8.84. The van der Waals surface area contributed by atoms with Gasteiger partial charge in [-0.3, -0.25) is 9.36 Å². The first-order valence-corrected chi connectivity index (χ1v) is 11.8.